The van der Waals surface area contributed by atoms with E-state index in [1.807, 2.05) is 44.2 Å². The van der Waals surface area contributed by atoms with E-state index in [9.17, 15) is 14.4 Å². The van der Waals surface area contributed by atoms with Gasteiger partial charge in [-0.05, 0) is 31.0 Å². The van der Waals surface area contributed by atoms with Gasteiger partial charge in [0.25, 0.3) is 5.56 Å². The van der Waals surface area contributed by atoms with Crippen molar-refractivity contribution in [3.05, 3.63) is 70.0 Å². The number of hydrogen-bond donors (Lipinski definition) is 2. The van der Waals surface area contributed by atoms with Gasteiger partial charge in [0.15, 0.2) is 5.16 Å². The number of amides is 3. The lowest BCUT2D eigenvalue weighted by molar-refractivity contribution is -0.117. The van der Waals surface area contributed by atoms with Crippen LogP contribution in [0.1, 0.15) is 24.5 Å². The second-order valence-electron chi connectivity index (χ2n) is 6.88. The number of imide groups is 1. The average Bonchev–Trinajstić information content (AvgIpc) is 2.74. The van der Waals surface area contributed by atoms with E-state index in [1.54, 1.807) is 22.8 Å². The standard InChI is InChI=1S/C22H24N4O3S/c1-3-12-23-21(29)25-19(27)14-30-22-24-18-7-5-4-6-17(18)20(28)26(22)13-16-10-8-15(2)9-11-16/h4-11H,3,12-14H2,1-2H3,(H2,23,25,27,29). The van der Waals surface area contributed by atoms with Crippen LogP contribution in [0.2, 0.25) is 0 Å². The Labute approximate surface area is 178 Å². The molecule has 2 N–H and O–H groups in total. The monoisotopic (exact) mass is 424 g/mol. The maximum absolute atomic E-state index is 13.1. The minimum Gasteiger partial charge on any atom is -0.338 e. The lowest BCUT2D eigenvalue weighted by Crippen LogP contribution is -2.40. The molecule has 7 nitrogen and oxygen atoms in total. The fourth-order valence-electron chi connectivity index (χ4n) is 2.85. The van der Waals surface area contributed by atoms with E-state index in [-0.39, 0.29) is 11.3 Å². The van der Waals surface area contributed by atoms with Crippen LogP contribution in [0.15, 0.2) is 58.5 Å². The highest BCUT2D eigenvalue weighted by Gasteiger charge is 2.15. The maximum Gasteiger partial charge on any atom is 0.321 e. The molecule has 0 fully saturated rings. The van der Waals surface area contributed by atoms with Crippen LogP contribution in [0.4, 0.5) is 4.79 Å². The van der Waals surface area contributed by atoms with E-state index in [2.05, 4.69) is 15.6 Å². The number of aromatic nitrogens is 2. The molecule has 0 saturated heterocycles. The third kappa shape index (κ3) is 5.48. The smallest absolute Gasteiger partial charge is 0.321 e. The molecule has 156 valence electrons. The van der Waals surface area contributed by atoms with Gasteiger partial charge in [0.2, 0.25) is 5.91 Å². The second kappa shape index (κ2) is 10.1. The Morgan fingerprint density at radius 2 is 1.83 bits per heavy atom. The number of urea groups is 1. The van der Waals surface area contributed by atoms with Crippen molar-refractivity contribution in [3.63, 3.8) is 0 Å². The first-order chi connectivity index (χ1) is 14.5. The summed E-state index contributed by atoms with van der Waals surface area (Å²) in [5.41, 5.74) is 2.51. The molecule has 0 saturated carbocycles. The summed E-state index contributed by atoms with van der Waals surface area (Å²) in [5.74, 6) is -0.476. The predicted octanol–water partition coefficient (Wildman–Crippen LogP) is 3.08. The topological polar surface area (TPSA) is 93.1 Å². The van der Waals surface area contributed by atoms with Gasteiger partial charge in [-0.3, -0.25) is 19.5 Å². The molecule has 8 heteroatoms. The number of thioether (sulfide) groups is 1. The maximum atomic E-state index is 13.1. The predicted molar refractivity (Wildman–Crippen MR) is 119 cm³/mol. The number of para-hydroxylation sites is 1. The lowest BCUT2D eigenvalue weighted by Gasteiger charge is -2.13. The van der Waals surface area contributed by atoms with Crippen LogP contribution in [0, 0.1) is 6.92 Å². The molecule has 3 rings (SSSR count). The number of hydrogen-bond acceptors (Lipinski definition) is 5. The number of carbonyl (C=O) groups excluding carboxylic acids is 2. The Bertz CT molecular complexity index is 1110. The third-order valence-electron chi connectivity index (χ3n) is 4.41. The Balaban J connectivity index is 1.84. The van der Waals surface area contributed by atoms with Crippen molar-refractivity contribution in [1.29, 1.82) is 0 Å². The Morgan fingerprint density at radius 1 is 1.10 bits per heavy atom. The van der Waals surface area contributed by atoms with Crippen molar-refractivity contribution in [1.82, 2.24) is 20.2 Å². The minimum atomic E-state index is -0.522. The highest BCUT2D eigenvalue weighted by atomic mass is 32.2. The first kappa shape index (κ1) is 21.6. The summed E-state index contributed by atoms with van der Waals surface area (Å²) in [6.07, 6.45) is 0.780. The molecule has 0 unspecified atom stereocenters. The molecule has 30 heavy (non-hydrogen) atoms. The largest absolute Gasteiger partial charge is 0.338 e. The second-order valence-corrected chi connectivity index (χ2v) is 7.82. The van der Waals surface area contributed by atoms with Gasteiger partial charge in [-0.25, -0.2) is 9.78 Å². The first-order valence-electron chi connectivity index (χ1n) is 9.73. The van der Waals surface area contributed by atoms with Crippen molar-refractivity contribution in [2.24, 2.45) is 0 Å². The molecular formula is C22H24N4O3S. The number of nitrogens with one attached hydrogen (secondary N) is 2. The summed E-state index contributed by atoms with van der Waals surface area (Å²) >= 11 is 1.13. The van der Waals surface area contributed by atoms with E-state index in [1.165, 1.54) is 0 Å². The van der Waals surface area contributed by atoms with E-state index >= 15 is 0 Å². The van der Waals surface area contributed by atoms with Crippen LogP contribution in [0.25, 0.3) is 10.9 Å². The van der Waals surface area contributed by atoms with Crippen molar-refractivity contribution < 1.29 is 9.59 Å². The number of rotatable bonds is 7. The highest BCUT2D eigenvalue weighted by molar-refractivity contribution is 7.99. The van der Waals surface area contributed by atoms with Crippen molar-refractivity contribution >= 4 is 34.6 Å². The molecule has 3 amide bonds. The molecule has 0 aliphatic rings. The summed E-state index contributed by atoms with van der Waals surface area (Å²) in [6.45, 7) is 4.77. The number of carbonyl (C=O) groups is 2. The SMILES string of the molecule is CCCNC(=O)NC(=O)CSc1nc2ccccc2c(=O)n1Cc1ccc(C)cc1. The Kier molecular flexibility index (Phi) is 7.24. The number of benzene rings is 2. The van der Waals surface area contributed by atoms with Gasteiger partial charge >= 0.3 is 6.03 Å². The molecule has 0 bridgehead atoms. The fourth-order valence-corrected chi connectivity index (χ4v) is 3.65. The summed E-state index contributed by atoms with van der Waals surface area (Å²) in [6, 6.07) is 14.5. The minimum absolute atomic E-state index is 0.0295. The van der Waals surface area contributed by atoms with Crippen LogP contribution < -0.4 is 16.2 Å². The molecule has 0 spiro atoms. The van der Waals surface area contributed by atoms with E-state index in [0.717, 1.165) is 29.3 Å². The summed E-state index contributed by atoms with van der Waals surface area (Å²) in [5, 5.41) is 5.84. The van der Waals surface area contributed by atoms with Gasteiger partial charge in [0.05, 0.1) is 23.2 Å². The molecule has 0 aliphatic carbocycles. The van der Waals surface area contributed by atoms with Gasteiger partial charge in [-0.1, -0.05) is 60.6 Å². The quantitative estimate of drug-likeness (QED) is 0.449. The van der Waals surface area contributed by atoms with Crippen LogP contribution in [0.3, 0.4) is 0 Å². The molecule has 3 aromatic rings. The lowest BCUT2D eigenvalue weighted by atomic mass is 10.1. The Hall–Kier alpha value is -3.13. The third-order valence-corrected chi connectivity index (χ3v) is 5.39. The van der Waals surface area contributed by atoms with Gasteiger partial charge < -0.3 is 5.32 Å². The first-order valence-corrected chi connectivity index (χ1v) is 10.7. The van der Waals surface area contributed by atoms with Crippen molar-refractivity contribution in [2.75, 3.05) is 12.3 Å². The van der Waals surface area contributed by atoms with Gasteiger partial charge in [0.1, 0.15) is 0 Å². The average molecular weight is 425 g/mol. The van der Waals surface area contributed by atoms with Crippen LogP contribution >= 0.6 is 11.8 Å². The molecule has 1 heterocycles. The van der Waals surface area contributed by atoms with E-state index in [0.29, 0.717) is 29.1 Å². The van der Waals surface area contributed by atoms with E-state index in [4.69, 9.17) is 0 Å². The molecular weight excluding hydrogens is 400 g/mol. The highest BCUT2D eigenvalue weighted by Crippen LogP contribution is 2.19. The number of nitrogens with zero attached hydrogens (tertiary/aromatic N) is 2. The van der Waals surface area contributed by atoms with Crippen LogP contribution in [-0.4, -0.2) is 33.8 Å². The fraction of sp³-hybridized carbons (Fsp3) is 0.273. The molecule has 1 aromatic heterocycles. The molecule has 0 aliphatic heterocycles. The van der Waals surface area contributed by atoms with Crippen molar-refractivity contribution in [2.45, 2.75) is 32.0 Å². The number of aryl methyl sites for hydroxylation is 1. The van der Waals surface area contributed by atoms with Crippen LogP contribution in [0.5, 0.6) is 0 Å². The summed E-state index contributed by atoms with van der Waals surface area (Å²) in [7, 11) is 0. The zero-order chi connectivity index (χ0) is 21.5. The summed E-state index contributed by atoms with van der Waals surface area (Å²) < 4.78 is 1.57. The zero-order valence-electron chi connectivity index (χ0n) is 17.0. The molecule has 0 atom stereocenters. The normalized spacial score (nSPS) is 10.7. The van der Waals surface area contributed by atoms with Gasteiger partial charge in [0, 0.05) is 6.54 Å². The zero-order valence-corrected chi connectivity index (χ0v) is 17.8. The van der Waals surface area contributed by atoms with Crippen molar-refractivity contribution in [3.8, 4) is 0 Å². The van der Waals surface area contributed by atoms with Gasteiger partial charge in [-0.15, -0.1) is 0 Å². The van der Waals surface area contributed by atoms with Crippen LogP contribution in [-0.2, 0) is 11.3 Å². The molecule has 0 radical (unpaired) electrons. The summed E-state index contributed by atoms with van der Waals surface area (Å²) in [4.78, 5) is 41.5. The number of fused-ring (bicyclic) bond motifs is 1. The van der Waals surface area contributed by atoms with E-state index < -0.39 is 11.9 Å². The Morgan fingerprint density at radius 3 is 2.57 bits per heavy atom. The van der Waals surface area contributed by atoms with Gasteiger partial charge in [-0.2, -0.15) is 0 Å². The molecule has 2 aromatic carbocycles.